The Morgan fingerprint density at radius 2 is 1.75 bits per heavy atom. The second kappa shape index (κ2) is 6.12. The van der Waals surface area contributed by atoms with E-state index in [1.165, 1.54) is 17.0 Å². The lowest BCUT2D eigenvalue weighted by molar-refractivity contribution is -0.137. The van der Waals surface area contributed by atoms with Gasteiger partial charge in [-0.1, -0.05) is 28.1 Å². The number of benzene rings is 2. The van der Waals surface area contributed by atoms with Crippen LogP contribution in [0.3, 0.4) is 0 Å². The van der Waals surface area contributed by atoms with Gasteiger partial charge in [-0.3, -0.25) is 4.79 Å². The SMILES string of the molecule is CN1C(=O)CCN(c2ccccc2C(F)(F)F)c2cc(Br)ccc21. The third-order valence-electron chi connectivity index (χ3n) is 4.01. The van der Waals surface area contributed by atoms with Crippen LogP contribution in [-0.2, 0) is 11.0 Å². The monoisotopic (exact) mass is 398 g/mol. The lowest BCUT2D eigenvalue weighted by Gasteiger charge is -2.28. The molecule has 1 aliphatic rings. The zero-order valence-electron chi connectivity index (χ0n) is 12.8. The average Bonchev–Trinajstić information content (AvgIpc) is 2.64. The first-order chi connectivity index (χ1) is 11.3. The molecule has 3 rings (SSSR count). The molecule has 0 saturated carbocycles. The van der Waals surface area contributed by atoms with Crippen LogP contribution in [-0.4, -0.2) is 19.5 Å². The molecule has 0 bridgehead atoms. The summed E-state index contributed by atoms with van der Waals surface area (Å²) in [5, 5.41) is 0. The van der Waals surface area contributed by atoms with E-state index >= 15 is 0 Å². The molecule has 24 heavy (non-hydrogen) atoms. The van der Waals surface area contributed by atoms with Crippen molar-refractivity contribution in [2.24, 2.45) is 0 Å². The van der Waals surface area contributed by atoms with Gasteiger partial charge in [-0.15, -0.1) is 0 Å². The molecule has 1 heterocycles. The summed E-state index contributed by atoms with van der Waals surface area (Å²) < 4.78 is 40.9. The third-order valence-corrected chi connectivity index (χ3v) is 4.51. The number of hydrogen-bond donors (Lipinski definition) is 0. The number of rotatable bonds is 1. The summed E-state index contributed by atoms with van der Waals surface area (Å²) in [4.78, 5) is 15.2. The third kappa shape index (κ3) is 3.00. The number of nitrogens with zero attached hydrogens (tertiary/aromatic N) is 2. The first-order valence-corrected chi connectivity index (χ1v) is 8.08. The van der Waals surface area contributed by atoms with Gasteiger partial charge in [0, 0.05) is 24.5 Å². The molecule has 1 amide bonds. The van der Waals surface area contributed by atoms with E-state index in [9.17, 15) is 18.0 Å². The lowest BCUT2D eigenvalue weighted by atomic mass is 10.1. The number of amides is 1. The summed E-state index contributed by atoms with van der Waals surface area (Å²) in [6.07, 6.45) is -4.33. The summed E-state index contributed by atoms with van der Waals surface area (Å²) in [5.41, 5.74) is 0.479. The summed E-state index contributed by atoms with van der Waals surface area (Å²) in [6, 6.07) is 10.7. The zero-order chi connectivity index (χ0) is 17.5. The van der Waals surface area contributed by atoms with Gasteiger partial charge in [-0.2, -0.15) is 13.2 Å². The van der Waals surface area contributed by atoms with Crippen molar-refractivity contribution in [1.29, 1.82) is 0 Å². The maximum absolute atomic E-state index is 13.4. The van der Waals surface area contributed by atoms with Crippen LogP contribution in [0.1, 0.15) is 12.0 Å². The normalized spacial score (nSPS) is 15.3. The number of para-hydroxylation sites is 1. The molecule has 0 aromatic heterocycles. The van der Waals surface area contributed by atoms with E-state index in [0.717, 1.165) is 10.5 Å². The van der Waals surface area contributed by atoms with Gasteiger partial charge in [0.1, 0.15) is 0 Å². The lowest BCUT2D eigenvalue weighted by Crippen LogP contribution is -2.25. The van der Waals surface area contributed by atoms with E-state index in [1.54, 1.807) is 36.2 Å². The molecule has 1 aliphatic heterocycles. The first-order valence-electron chi connectivity index (χ1n) is 7.29. The number of carbonyl (C=O) groups is 1. The van der Waals surface area contributed by atoms with Crippen molar-refractivity contribution in [3.05, 3.63) is 52.5 Å². The van der Waals surface area contributed by atoms with Crippen LogP contribution in [0, 0.1) is 0 Å². The minimum absolute atomic E-state index is 0.0486. The molecular formula is C17H14BrF3N2O. The fourth-order valence-corrected chi connectivity index (χ4v) is 3.17. The Morgan fingerprint density at radius 1 is 1.04 bits per heavy atom. The van der Waals surface area contributed by atoms with E-state index in [-0.39, 0.29) is 24.6 Å². The van der Waals surface area contributed by atoms with E-state index in [0.29, 0.717) is 11.4 Å². The summed E-state index contributed by atoms with van der Waals surface area (Å²) in [5.74, 6) is -0.134. The van der Waals surface area contributed by atoms with Crippen molar-refractivity contribution in [3.8, 4) is 0 Å². The second-order valence-corrected chi connectivity index (χ2v) is 6.42. The zero-order valence-corrected chi connectivity index (χ0v) is 14.4. The van der Waals surface area contributed by atoms with Gasteiger partial charge in [0.25, 0.3) is 0 Å². The molecule has 0 unspecified atom stereocenters. The van der Waals surface area contributed by atoms with Gasteiger partial charge in [0.15, 0.2) is 0 Å². The van der Waals surface area contributed by atoms with Gasteiger partial charge >= 0.3 is 6.18 Å². The van der Waals surface area contributed by atoms with Crippen molar-refractivity contribution in [2.45, 2.75) is 12.6 Å². The Balaban J connectivity index is 2.21. The summed E-state index contributed by atoms with van der Waals surface area (Å²) in [6.45, 7) is 0.180. The fourth-order valence-electron chi connectivity index (χ4n) is 2.83. The van der Waals surface area contributed by atoms with Gasteiger partial charge in [0.2, 0.25) is 5.91 Å². The quantitative estimate of drug-likeness (QED) is 0.676. The fraction of sp³-hybridized carbons (Fsp3) is 0.235. The Kier molecular flexibility index (Phi) is 4.29. The van der Waals surface area contributed by atoms with Crippen molar-refractivity contribution in [3.63, 3.8) is 0 Å². The summed E-state index contributed by atoms with van der Waals surface area (Å²) >= 11 is 3.36. The predicted molar refractivity (Wildman–Crippen MR) is 90.6 cm³/mol. The number of hydrogen-bond acceptors (Lipinski definition) is 2. The highest BCUT2D eigenvalue weighted by molar-refractivity contribution is 9.10. The molecular weight excluding hydrogens is 385 g/mol. The summed E-state index contributed by atoms with van der Waals surface area (Å²) in [7, 11) is 1.63. The van der Waals surface area contributed by atoms with E-state index in [1.807, 2.05) is 0 Å². The topological polar surface area (TPSA) is 23.6 Å². The largest absolute Gasteiger partial charge is 0.418 e. The van der Waals surface area contributed by atoms with Crippen molar-refractivity contribution >= 4 is 38.9 Å². The van der Waals surface area contributed by atoms with Crippen LogP contribution in [0.25, 0.3) is 0 Å². The first kappa shape index (κ1) is 16.8. The number of halogens is 4. The molecule has 0 radical (unpaired) electrons. The highest BCUT2D eigenvalue weighted by Gasteiger charge is 2.36. The molecule has 0 N–H and O–H groups in total. The number of fused-ring (bicyclic) bond motifs is 1. The molecule has 0 spiro atoms. The van der Waals surface area contributed by atoms with Gasteiger partial charge in [-0.25, -0.2) is 0 Å². The smallest absolute Gasteiger partial charge is 0.339 e. The maximum atomic E-state index is 13.4. The average molecular weight is 399 g/mol. The molecule has 3 nitrogen and oxygen atoms in total. The Hall–Kier alpha value is -2.02. The van der Waals surface area contributed by atoms with Crippen LogP contribution in [0.2, 0.25) is 0 Å². The second-order valence-electron chi connectivity index (χ2n) is 5.50. The van der Waals surface area contributed by atoms with Gasteiger partial charge in [-0.05, 0) is 30.3 Å². The van der Waals surface area contributed by atoms with Crippen LogP contribution >= 0.6 is 15.9 Å². The molecule has 126 valence electrons. The Morgan fingerprint density at radius 3 is 2.46 bits per heavy atom. The van der Waals surface area contributed by atoms with Crippen molar-refractivity contribution < 1.29 is 18.0 Å². The molecule has 2 aromatic rings. The van der Waals surface area contributed by atoms with E-state index in [4.69, 9.17) is 0 Å². The number of anilines is 3. The van der Waals surface area contributed by atoms with Crippen LogP contribution in [0.15, 0.2) is 46.9 Å². The van der Waals surface area contributed by atoms with Crippen molar-refractivity contribution in [1.82, 2.24) is 0 Å². The van der Waals surface area contributed by atoms with Crippen molar-refractivity contribution in [2.75, 3.05) is 23.4 Å². The standard InChI is InChI=1S/C17H14BrF3N2O/c1-22-14-7-6-11(18)10-15(14)23(9-8-16(22)24)13-5-3-2-4-12(13)17(19,20)21/h2-7,10H,8-9H2,1H3. The van der Waals surface area contributed by atoms with E-state index < -0.39 is 11.7 Å². The minimum atomic E-state index is -4.47. The highest BCUT2D eigenvalue weighted by Crippen LogP contribution is 2.43. The van der Waals surface area contributed by atoms with Crippen LogP contribution < -0.4 is 9.80 Å². The molecule has 0 aliphatic carbocycles. The van der Waals surface area contributed by atoms with Crippen LogP contribution in [0.5, 0.6) is 0 Å². The predicted octanol–water partition coefficient (Wildman–Crippen LogP) is 4.97. The van der Waals surface area contributed by atoms with Gasteiger partial charge < -0.3 is 9.80 Å². The Bertz CT molecular complexity index is 792. The van der Waals surface area contributed by atoms with Crippen LogP contribution in [0.4, 0.5) is 30.2 Å². The molecule has 7 heteroatoms. The molecule has 0 atom stereocenters. The number of alkyl halides is 3. The molecule has 0 saturated heterocycles. The van der Waals surface area contributed by atoms with E-state index in [2.05, 4.69) is 15.9 Å². The number of carbonyl (C=O) groups excluding carboxylic acids is 1. The maximum Gasteiger partial charge on any atom is 0.418 e. The molecule has 0 fully saturated rings. The van der Waals surface area contributed by atoms with Gasteiger partial charge in [0.05, 0.1) is 22.6 Å². The minimum Gasteiger partial charge on any atom is -0.339 e. The Labute approximate surface area is 145 Å². The molecule has 2 aromatic carbocycles. The highest BCUT2D eigenvalue weighted by atomic mass is 79.9.